The standard InChI is InChI=1S/C12H22N2O/c1-4-12(2,3)11(13)14(15)9-10-7-5-6-8-10/h7,13,15H,4-6,8-9H2,1-3H3. The van der Waals surface area contributed by atoms with Crippen LogP contribution in [0.15, 0.2) is 11.6 Å². The first kappa shape index (κ1) is 12.2. The molecule has 0 amide bonds. The van der Waals surface area contributed by atoms with Gasteiger partial charge in [-0.3, -0.25) is 10.6 Å². The van der Waals surface area contributed by atoms with Gasteiger partial charge in [0, 0.05) is 5.41 Å². The average molecular weight is 210 g/mol. The van der Waals surface area contributed by atoms with Crippen LogP contribution in [0.3, 0.4) is 0 Å². The highest BCUT2D eigenvalue weighted by atomic mass is 16.5. The van der Waals surface area contributed by atoms with E-state index in [9.17, 15) is 5.21 Å². The minimum atomic E-state index is -0.242. The molecule has 2 N–H and O–H groups in total. The first-order valence-corrected chi connectivity index (χ1v) is 5.70. The molecular weight excluding hydrogens is 188 g/mol. The van der Waals surface area contributed by atoms with Crippen LogP contribution < -0.4 is 0 Å². The fraction of sp³-hybridized carbons (Fsp3) is 0.750. The maximum Gasteiger partial charge on any atom is 0.126 e. The molecule has 0 atom stereocenters. The average Bonchev–Trinajstić information content (AvgIpc) is 2.69. The summed E-state index contributed by atoms with van der Waals surface area (Å²) in [4.78, 5) is 0. The minimum Gasteiger partial charge on any atom is -0.287 e. The van der Waals surface area contributed by atoms with Crippen LogP contribution in [-0.4, -0.2) is 22.7 Å². The highest BCUT2D eigenvalue weighted by Crippen LogP contribution is 2.24. The van der Waals surface area contributed by atoms with Crippen molar-refractivity contribution in [2.24, 2.45) is 5.41 Å². The Kier molecular flexibility index (Phi) is 3.91. The van der Waals surface area contributed by atoms with Gasteiger partial charge in [-0.2, -0.15) is 0 Å². The third-order valence-electron chi connectivity index (χ3n) is 3.27. The number of rotatable bonds is 4. The summed E-state index contributed by atoms with van der Waals surface area (Å²) in [6.45, 7) is 6.52. The summed E-state index contributed by atoms with van der Waals surface area (Å²) in [5.41, 5.74) is 1.02. The molecule has 0 fully saturated rings. The number of hydrogen-bond donors (Lipinski definition) is 2. The molecule has 0 aliphatic heterocycles. The fourth-order valence-corrected chi connectivity index (χ4v) is 1.67. The second kappa shape index (κ2) is 4.79. The van der Waals surface area contributed by atoms with Gasteiger partial charge >= 0.3 is 0 Å². The third kappa shape index (κ3) is 3.06. The van der Waals surface area contributed by atoms with Gasteiger partial charge in [-0.15, -0.1) is 0 Å². The Labute approximate surface area is 92.3 Å². The molecule has 0 spiro atoms. The maximum atomic E-state index is 9.81. The van der Waals surface area contributed by atoms with Crippen molar-refractivity contribution in [2.45, 2.75) is 46.5 Å². The zero-order chi connectivity index (χ0) is 11.5. The Morgan fingerprint density at radius 2 is 2.27 bits per heavy atom. The van der Waals surface area contributed by atoms with E-state index in [-0.39, 0.29) is 5.41 Å². The van der Waals surface area contributed by atoms with Gasteiger partial charge in [0.1, 0.15) is 5.84 Å². The number of allylic oxidation sites excluding steroid dienone is 1. The molecular formula is C12H22N2O. The summed E-state index contributed by atoms with van der Waals surface area (Å²) in [6, 6.07) is 0. The Balaban J connectivity index is 2.53. The lowest BCUT2D eigenvalue weighted by molar-refractivity contribution is -0.0170. The van der Waals surface area contributed by atoms with Crippen LogP contribution in [0.2, 0.25) is 0 Å². The van der Waals surface area contributed by atoms with E-state index in [1.807, 2.05) is 20.8 Å². The molecule has 15 heavy (non-hydrogen) atoms. The van der Waals surface area contributed by atoms with Crippen molar-refractivity contribution in [1.29, 1.82) is 5.41 Å². The fourth-order valence-electron chi connectivity index (χ4n) is 1.67. The lowest BCUT2D eigenvalue weighted by Gasteiger charge is -2.30. The van der Waals surface area contributed by atoms with Crippen molar-refractivity contribution in [3.05, 3.63) is 11.6 Å². The Morgan fingerprint density at radius 3 is 2.73 bits per heavy atom. The predicted molar refractivity (Wildman–Crippen MR) is 62.2 cm³/mol. The molecule has 1 aliphatic rings. The molecule has 3 nitrogen and oxygen atoms in total. The van der Waals surface area contributed by atoms with Gasteiger partial charge in [0.2, 0.25) is 0 Å². The van der Waals surface area contributed by atoms with Gasteiger partial charge < -0.3 is 0 Å². The molecule has 0 aromatic heterocycles. The lowest BCUT2D eigenvalue weighted by Crippen LogP contribution is -2.38. The first-order valence-electron chi connectivity index (χ1n) is 5.70. The normalized spacial score (nSPS) is 16.4. The first-order chi connectivity index (χ1) is 6.97. The number of amidine groups is 1. The SMILES string of the molecule is CCC(C)(C)C(=N)N(O)CC1=CCCC1. The quantitative estimate of drug-likeness (QED) is 0.324. The van der Waals surface area contributed by atoms with Gasteiger partial charge in [-0.1, -0.05) is 32.4 Å². The van der Waals surface area contributed by atoms with Crippen LogP contribution in [0, 0.1) is 10.8 Å². The zero-order valence-electron chi connectivity index (χ0n) is 10.0. The van der Waals surface area contributed by atoms with Crippen LogP contribution in [-0.2, 0) is 0 Å². The van der Waals surface area contributed by atoms with E-state index in [4.69, 9.17) is 5.41 Å². The molecule has 0 saturated carbocycles. The Morgan fingerprint density at radius 1 is 1.60 bits per heavy atom. The lowest BCUT2D eigenvalue weighted by atomic mass is 9.88. The summed E-state index contributed by atoms with van der Waals surface area (Å²) < 4.78 is 0. The molecule has 1 aliphatic carbocycles. The molecule has 0 bridgehead atoms. The molecule has 0 aromatic carbocycles. The summed E-state index contributed by atoms with van der Waals surface area (Å²) in [5, 5.41) is 18.8. The van der Waals surface area contributed by atoms with Crippen LogP contribution in [0.25, 0.3) is 0 Å². The van der Waals surface area contributed by atoms with Crippen molar-refractivity contribution < 1.29 is 5.21 Å². The van der Waals surface area contributed by atoms with Crippen molar-refractivity contribution in [3.8, 4) is 0 Å². The molecule has 0 aromatic rings. The van der Waals surface area contributed by atoms with E-state index in [0.29, 0.717) is 12.4 Å². The van der Waals surface area contributed by atoms with Gasteiger partial charge in [0.05, 0.1) is 6.54 Å². The van der Waals surface area contributed by atoms with Crippen LogP contribution in [0.1, 0.15) is 46.5 Å². The molecule has 0 radical (unpaired) electrons. The van der Waals surface area contributed by atoms with E-state index in [2.05, 4.69) is 6.08 Å². The van der Waals surface area contributed by atoms with Crippen LogP contribution in [0.4, 0.5) is 0 Å². The van der Waals surface area contributed by atoms with E-state index in [1.54, 1.807) is 0 Å². The van der Waals surface area contributed by atoms with E-state index in [1.165, 1.54) is 12.0 Å². The molecule has 0 unspecified atom stereocenters. The van der Waals surface area contributed by atoms with Crippen molar-refractivity contribution in [1.82, 2.24) is 5.06 Å². The molecule has 1 rings (SSSR count). The largest absolute Gasteiger partial charge is 0.287 e. The molecule has 3 heteroatoms. The third-order valence-corrected chi connectivity index (χ3v) is 3.27. The van der Waals surface area contributed by atoms with E-state index in [0.717, 1.165) is 24.3 Å². The molecule has 86 valence electrons. The zero-order valence-corrected chi connectivity index (χ0v) is 10.0. The molecule has 0 heterocycles. The van der Waals surface area contributed by atoms with Crippen molar-refractivity contribution >= 4 is 5.84 Å². The maximum absolute atomic E-state index is 9.81. The van der Waals surface area contributed by atoms with E-state index < -0.39 is 0 Å². The number of nitrogens with zero attached hydrogens (tertiary/aromatic N) is 1. The smallest absolute Gasteiger partial charge is 0.126 e. The second-order valence-electron chi connectivity index (χ2n) is 4.90. The minimum absolute atomic E-state index is 0.242. The summed E-state index contributed by atoms with van der Waals surface area (Å²) >= 11 is 0. The van der Waals surface area contributed by atoms with Crippen LogP contribution in [0.5, 0.6) is 0 Å². The number of nitrogens with one attached hydrogen (secondary N) is 1. The Hall–Kier alpha value is -0.830. The van der Waals surface area contributed by atoms with E-state index >= 15 is 0 Å². The monoisotopic (exact) mass is 210 g/mol. The Bertz CT molecular complexity index is 269. The summed E-state index contributed by atoms with van der Waals surface area (Å²) in [7, 11) is 0. The number of hydrogen-bond acceptors (Lipinski definition) is 2. The van der Waals surface area contributed by atoms with Gasteiger partial charge in [-0.05, 0) is 25.7 Å². The highest BCUT2D eigenvalue weighted by molar-refractivity contribution is 5.83. The predicted octanol–water partition coefficient (Wildman–Crippen LogP) is 3.20. The summed E-state index contributed by atoms with van der Waals surface area (Å²) in [5.74, 6) is 0.317. The van der Waals surface area contributed by atoms with Crippen molar-refractivity contribution in [2.75, 3.05) is 6.54 Å². The van der Waals surface area contributed by atoms with Crippen LogP contribution >= 0.6 is 0 Å². The summed E-state index contributed by atoms with van der Waals surface area (Å²) in [6.07, 6.45) is 6.41. The van der Waals surface area contributed by atoms with Crippen molar-refractivity contribution in [3.63, 3.8) is 0 Å². The molecule has 0 saturated heterocycles. The highest BCUT2D eigenvalue weighted by Gasteiger charge is 2.26. The topological polar surface area (TPSA) is 47.3 Å². The van der Waals surface area contributed by atoms with Gasteiger partial charge in [0.25, 0.3) is 0 Å². The van der Waals surface area contributed by atoms with Gasteiger partial charge in [0.15, 0.2) is 0 Å². The van der Waals surface area contributed by atoms with Gasteiger partial charge in [-0.25, -0.2) is 5.06 Å². The second-order valence-corrected chi connectivity index (χ2v) is 4.90. The number of hydroxylamine groups is 2.